The van der Waals surface area contributed by atoms with Crippen LogP contribution in [-0.2, 0) is 16.1 Å². The summed E-state index contributed by atoms with van der Waals surface area (Å²) < 4.78 is 9.93. The van der Waals surface area contributed by atoms with Gasteiger partial charge in [0.05, 0.1) is 37.6 Å². The molecular weight excluding hydrogens is 494 g/mol. The van der Waals surface area contributed by atoms with Gasteiger partial charge in [-0.25, -0.2) is 0 Å². The molecule has 3 aromatic rings. The van der Waals surface area contributed by atoms with Gasteiger partial charge < -0.3 is 19.5 Å². The fourth-order valence-corrected chi connectivity index (χ4v) is 6.85. The summed E-state index contributed by atoms with van der Waals surface area (Å²) in [6.45, 7) is 2.16. The third-order valence-corrected chi connectivity index (χ3v) is 8.57. The molecule has 1 aliphatic heterocycles. The number of methoxy groups -OCH3 is 2. The lowest BCUT2D eigenvalue weighted by Crippen LogP contribution is -2.41. The van der Waals surface area contributed by atoms with Gasteiger partial charge >= 0.3 is 5.97 Å². The van der Waals surface area contributed by atoms with Crippen LogP contribution in [0.3, 0.4) is 0 Å². The first-order valence-electron chi connectivity index (χ1n) is 10.5. The fraction of sp³-hybridized carbons (Fsp3) is 0.280. The van der Waals surface area contributed by atoms with Crippen LogP contribution in [0.5, 0.6) is 11.5 Å². The highest BCUT2D eigenvalue weighted by Crippen LogP contribution is 2.54. The Kier molecular flexibility index (Phi) is 7.12. The van der Waals surface area contributed by atoms with Gasteiger partial charge in [-0.15, -0.1) is 23.1 Å². The van der Waals surface area contributed by atoms with Crippen LogP contribution in [0.25, 0.3) is 0 Å². The van der Waals surface area contributed by atoms with Crippen LogP contribution in [0.1, 0.15) is 28.5 Å². The summed E-state index contributed by atoms with van der Waals surface area (Å²) in [5.74, 6) is -0.0848. The third kappa shape index (κ3) is 4.62. The molecule has 1 saturated heterocycles. The molecule has 1 aromatic heterocycles. The minimum absolute atomic E-state index is 0.139. The van der Waals surface area contributed by atoms with Crippen LogP contribution in [0.2, 0.25) is 4.34 Å². The standard InChI is InChI=1S/C25H24ClNO5S2/c1-15-4-8-18(9-5-15)34-25(24(29)30)13-22(28)27(23(25)20-10-11-21(26)33-20)14-16-6-7-17(31-2)12-19(16)32-3/h4-12,23H,13-14H2,1-3H3,(H,29,30)/t23?,25-/m0/s1. The van der Waals surface area contributed by atoms with Gasteiger partial charge in [0.15, 0.2) is 4.75 Å². The Morgan fingerprint density at radius 1 is 1.18 bits per heavy atom. The molecule has 4 rings (SSSR count). The first-order chi connectivity index (χ1) is 16.3. The number of benzene rings is 2. The number of thioether (sulfide) groups is 1. The molecule has 1 unspecified atom stereocenters. The number of hydrogen-bond donors (Lipinski definition) is 1. The SMILES string of the molecule is COc1ccc(CN2C(=O)C[C@@](Sc3ccc(C)cc3)(C(=O)O)C2c2ccc(Cl)s2)c(OC)c1. The van der Waals surface area contributed by atoms with E-state index in [4.69, 9.17) is 21.1 Å². The van der Waals surface area contributed by atoms with Crippen LogP contribution >= 0.6 is 34.7 Å². The Labute approximate surface area is 211 Å². The molecule has 1 amide bonds. The highest BCUT2D eigenvalue weighted by molar-refractivity contribution is 8.01. The molecule has 1 aliphatic rings. The topological polar surface area (TPSA) is 76.1 Å². The third-order valence-electron chi connectivity index (χ3n) is 5.87. The van der Waals surface area contributed by atoms with Crippen molar-refractivity contribution >= 4 is 46.6 Å². The second kappa shape index (κ2) is 9.90. The Hall–Kier alpha value is -2.68. The van der Waals surface area contributed by atoms with Gasteiger partial charge in [0.25, 0.3) is 0 Å². The van der Waals surface area contributed by atoms with E-state index in [0.29, 0.717) is 15.8 Å². The molecule has 2 heterocycles. The summed E-state index contributed by atoms with van der Waals surface area (Å²) in [5.41, 5.74) is 1.83. The second-order valence-corrected chi connectivity index (χ2v) is 11.2. The zero-order valence-corrected chi connectivity index (χ0v) is 21.3. The molecule has 34 heavy (non-hydrogen) atoms. The number of aryl methyl sites for hydroxylation is 1. The van der Waals surface area contributed by atoms with Crippen molar-refractivity contribution in [3.63, 3.8) is 0 Å². The minimum Gasteiger partial charge on any atom is -0.497 e. The number of carbonyl (C=O) groups excluding carboxylic acids is 1. The van der Waals surface area contributed by atoms with E-state index < -0.39 is 16.8 Å². The first kappa shape index (κ1) is 24.4. The van der Waals surface area contributed by atoms with E-state index in [1.54, 1.807) is 37.3 Å². The zero-order chi connectivity index (χ0) is 24.5. The Morgan fingerprint density at radius 3 is 2.50 bits per heavy atom. The van der Waals surface area contributed by atoms with Crippen molar-refractivity contribution in [1.82, 2.24) is 4.90 Å². The number of nitrogens with zero attached hydrogens (tertiary/aromatic N) is 1. The van der Waals surface area contributed by atoms with E-state index in [-0.39, 0.29) is 18.9 Å². The summed E-state index contributed by atoms with van der Waals surface area (Å²) in [6, 6.07) is 15.9. The molecular formula is C25H24ClNO5S2. The zero-order valence-electron chi connectivity index (χ0n) is 18.9. The minimum atomic E-state index is -1.42. The predicted molar refractivity (Wildman–Crippen MR) is 134 cm³/mol. The highest BCUT2D eigenvalue weighted by atomic mass is 35.5. The number of hydrogen-bond acceptors (Lipinski definition) is 6. The molecule has 1 N–H and O–H groups in total. The molecule has 0 spiro atoms. The van der Waals surface area contributed by atoms with Gasteiger partial charge in [0.2, 0.25) is 5.91 Å². The molecule has 0 bridgehead atoms. The number of carbonyl (C=O) groups is 2. The number of rotatable bonds is 8. The lowest BCUT2D eigenvalue weighted by molar-refractivity contribution is -0.140. The normalized spacial score (nSPS) is 19.9. The number of aliphatic carboxylic acids is 1. The Bertz CT molecular complexity index is 1210. The molecule has 9 heteroatoms. The largest absolute Gasteiger partial charge is 0.497 e. The molecule has 2 atom stereocenters. The van der Waals surface area contributed by atoms with Crippen molar-refractivity contribution < 1.29 is 24.2 Å². The summed E-state index contributed by atoms with van der Waals surface area (Å²) in [5, 5.41) is 10.5. The van der Waals surface area contributed by atoms with E-state index in [1.165, 1.54) is 23.1 Å². The molecule has 0 radical (unpaired) electrons. The van der Waals surface area contributed by atoms with Crippen molar-refractivity contribution in [3.05, 3.63) is 74.9 Å². The van der Waals surface area contributed by atoms with E-state index in [2.05, 4.69) is 0 Å². The van der Waals surface area contributed by atoms with Gasteiger partial charge in [-0.2, -0.15) is 0 Å². The van der Waals surface area contributed by atoms with Gasteiger partial charge in [-0.3, -0.25) is 9.59 Å². The number of carboxylic acid groups (broad SMARTS) is 1. The Morgan fingerprint density at radius 2 is 1.91 bits per heavy atom. The second-order valence-electron chi connectivity index (χ2n) is 8.03. The molecule has 178 valence electrons. The van der Waals surface area contributed by atoms with E-state index in [0.717, 1.165) is 20.9 Å². The number of amides is 1. The number of halogens is 1. The van der Waals surface area contributed by atoms with E-state index in [1.807, 2.05) is 43.3 Å². The summed E-state index contributed by atoms with van der Waals surface area (Å²) in [6.07, 6.45) is -0.139. The van der Waals surface area contributed by atoms with Crippen molar-refractivity contribution in [3.8, 4) is 11.5 Å². The quantitative estimate of drug-likeness (QED) is 0.406. The van der Waals surface area contributed by atoms with Crippen LogP contribution in [0, 0.1) is 6.92 Å². The van der Waals surface area contributed by atoms with Gasteiger partial charge in [-0.05, 0) is 43.3 Å². The first-order valence-corrected chi connectivity index (χ1v) is 12.5. The van der Waals surface area contributed by atoms with Crippen LogP contribution in [-0.4, -0.2) is 40.8 Å². The van der Waals surface area contributed by atoms with Gasteiger partial charge in [0, 0.05) is 21.4 Å². The highest BCUT2D eigenvalue weighted by Gasteiger charge is 2.59. The van der Waals surface area contributed by atoms with Crippen LogP contribution < -0.4 is 9.47 Å². The maximum Gasteiger partial charge on any atom is 0.323 e. The van der Waals surface area contributed by atoms with Crippen molar-refractivity contribution in [2.24, 2.45) is 0 Å². The monoisotopic (exact) mass is 517 g/mol. The number of ether oxygens (including phenoxy) is 2. The number of carboxylic acids is 1. The molecule has 2 aromatic carbocycles. The maximum absolute atomic E-state index is 13.4. The maximum atomic E-state index is 13.4. The van der Waals surface area contributed by atoms with Crippen molar-refractivity contribution in [2.45, 2.75) is 35.6 Å². The molecule has 0 aliphatic carbocycles. The average Bonchev–Trinajstić information content (AvgIpc) is 3.36. The lowest BCUT2D eigenvalue weighted by atomic mass is 9.97. The average molecular weight is 518 g/mol. The smallest absolute Gasteiger partial charge is 0.323 e. The summed E-state index contributed by atoms with van der Waals surface area (Å²) >= 11 is 8.75. The fourth-order valence-electron chi connectivity index (χ4n) is 4.17. The van der Waals surface area contributed by atoms with Crippen LogP contribution in [0.4, 0.5) is 0 Å². The van der Waals surface area contributed by atoms with Crippen LogP contribution in [0.15, 0.2) is 59.5 Å². The van der Waals surface area contributed by atoms with Gasteiger partial charge in [-0.1, -0.05) is 29.3 Å². The molecule has 1 fully saturated rings. The summed E-state index contributed by atoms with van der Waals surface area (Å²) in [7, 11) is 3.12. The van der Waals surface area contributed by atoms with E-state index >= 15 is 0 Å². The number of thiophene rings is 1. The molecule has 6 nitrogen and oxygen atoms in total. The summed E-state index contributed by atoms with van der Waals surface area (Å²) in [4.78, 5) is 29.4. The van der Waals surface area contributed by atoms with Crippen molar-refractivity contribution in [2.75, 3.05) is 14.2 Å². The predicted octanol–water partition coefficient (Wildman–Crippen LogP) is 5.82. The van der Waals surface area contributed by atoms with E-state index in [9.17, 15) is 14.7 Å². The Balaban J connectivity index is 1.79. The van der Waals surface area contributed by atoms with Crippen molar-refractivity contribution in [1.29, 1.82) is 0 Å². The van der Waals surface area contributed by atoms with Gasteiger partial charge in [0.1, 0.15) is 11.5 Å². The molecule has 0 saturated carbocycles. The lowest BCUT2D eigenvalue weighted by Gasteiger charge is -2.34. The number of likely N-dealkylation sites (tertiary alicyclic amines) is 1.